The lowest BCUT2D eigenvalue weighted by Crippen LogP contribution is -1.80. The number of hydrogen-bond acceptors (Lipinski definition) is 4. The molecule has 74 valence electrons. The fraction of sp³-hybridized carbons (Fsp3) is 1.00. The Morgan fingerprint density at radius 1 is 1.17 bits per heavy atom. The molecule has 0 aliphatic carbocycles. The van der Waals surface area contributed by atoms with E-state index in [0.717, 1.165) is 11.5 Å². The van der Waals surface area contributed by atoms with Crippen LogP contribution in [0.3, 0.4) is 0 Å². The van der Waals surface area contributed by atoms with Gasteiger partial charge in [0.05, 0.1) is 0 Å². The summed E-state index contributed by atoms with van der Waals surface area (Å²) in [5.41, 5.74) is 0. The summed E-state index contributed by atoms with van der Waals surface area (Å²) in [6.45, 7) is 4.35. The second-order valence-corrected chi connectivity index (χ2v) is 13.1. The normalized spacial score (nSPS) is 11.9. The zero-order valence-electron chi connectivity index (χ0n) is 7.91. The molecule has 0 atom stereocenters. The fourth-order valence-corrected chi connectivity index (χ4v) is 8.29. The van der Waals surface area contributed by atoms with Gasteiger partial charge in [-0.1, -0.05) is 36.6 Å². The van der Waals surface area contributed by atoms with Crippen molar-refractivity contribution in [3.8, 4) is 0 Å². The smallest absolute Gasteiger partial charge is 0.174 e. The molecule has 0 spiro atoms. The maximum absolute atomic E-state index is 5.45. The van der Waals surface area contributed by atoms with Gasteiger partial charge >= 0.3 is 0 Å². The van der Waals surface area contributed by atoms with Crippen molar-refractivity contribution in [2.45, 2.75) is 26.7 Å². The van der Waals surface area contributed by atoms with E-state index in [1.165, 1.54) is 12.8 Å². The van der Waals surface area contributed by atoms with Crippen LogP contribution in [0.4, 0.5) is 0 Å². The second kappa shape index (κ2) is 7.69. The van der Waals surface area contributed by atoms with Crippen molar-refractivity contribution in [2.24, 2.45) is 0 Å². The van der Waals surface area contributed by atoms with Gasteiger partial charge in [0.2, 0.25) is 0 Å². The quantitative estimate of drug-likeness (QED) is 0.622. The summed E-state index contributed by atoms with van der Waals surface area (Å²) >= 11 is 9.11. The van der Waals surface area contributed by atoms with Crippen molar-refractivity contribution in [2.75, 3.05) is 18.6 Å². The summed E-state index contributed by atoms with van der Waals surface area (Å²) in [7, 11) is 1.74. The molecule has 12 heavy (non-hydrogen) atoms. The number of hydrogen-bond donors (Lipinski definition) is 0. The predicted octanol–water partition coefficient (Wildman–Crippen LogP) is 4.14. The molecular formula is C7H17OPS3. The Hall–Kier alpha value is 1.31. The zero-order chi connectivity index (χ0) is 9.45. The first-order valence-electron chi connectivity index (χ1n) is 4.13. The minimum atomic E-state index is -1.57. The minimum Gasteiger partial charge on any atom is -0.337 e. The third kappa shape index (κ3) is 5.87. The van der Waals surface area contributed by atoms with Gasteiger partial charge in [-0.25, -0.2) is 0 Å². The summed E-state index contributed by atoms with van der Waals surface area (Å²) in [5.74, 6) is 2.25. The predicted molar refractivity (Wildman–Crippen MR) is 66.8 cm³/mol. The molecule has 1 nitrogen and oxygen atoms in total. The summed E-state index contributed by atoms with van der Waals surface area (Å²) in [6.07, 6.45) is 2.36. The molecule has 0 bridgehead atoms. The van der Waals surface area contributed by atoms with Gasteiger partial charge in [-0.05, 0) is 24.6 Å². The van der Waals surface area contributed by atoms with Crippen molar-refractivity contribution in [3.05, 3.63) is 0 Å². The highest BCUT2D eigenvalue weighted by Gasteiger charge is 2.15. The Labute approximate surface area is 89.0 Å². The topological polar surface area (TPSA) is 9.23 Å². The molecule has 5 heteroatoms. The Morgan fingerprint density at radius 3 is 1.83 bits per heavy atom. The summed E-state index contributed by atoms with van der Waals surface area (Å²) < 4.78 is 3.83. The molecule has 0 radical (unpaired) electrons. The van der Waals surface area contributed by atoms with E-state index in [4.69, 9.17) is 16.3 Å². The van der Waals surface area contributed by atoms with Gasteiger partial charge in [0, 0.05) is 18.6 Å². The van der Waals surface area contributed by atoms with Crippen LogP contribution in [0.2, 0.25) is 0 Å². The number of rotatable bonds is 7. The summed E-state index contributed by atoms with van der Waals surface area (Å²) in [4.78, 5) is 0. The van der Waals surface area contributed by atoms with Gasteiger partial charge < -0.3 is 4.52 Å². The Kier molecular flexibility index (Phi) is 8.53. The lowest BCUT2D eigenvalue weighted by Gasteiger charge is -2.17. The van der Waals surface area contributed by atoms with Crippen molar-refractivity contribution in [1.82, 2.24) is 0 Å². The van der Waals surface area contributed by atoms with Gasteiger partial charge in [-0.3, -0.25) is 0 Å². The molecule has 0 amide bonds. The molecule has 0 aliphatic rings. The average molecular weight is 244 g/mol. The van der Waals surface area contributed by atoms with E-state index in [1.54, 1.807) is 7.11 Å². The molecule has 0 N–H and O–H groups in total. The van der Waals surface area contributed by atoms with Gasteiger partial charge in [0.25, 0.3) is 0 Å². The van der Waals surface area contributed by atoms with Crippen molar-refractivity contribution >= 4 is 39.2 Å². The fourth-order valence-electron chi connectivity index (χ4n) is 0.549. The first-order valence-corrected chi connectivity index (χ1v) is 10.0. The highest BCUT2D eigenvalue weighted by Crippen LogP contribution is 2.69. The van der Waals surface area contributed by atoms with Crippen LogP contribution in [0.1, 0.15) is 26.7 Å². The third-order valence-electron chi connectivity index (χ3n) is 1.13. The van der Waals surface area contributed by atoms with Crippen LogP contribution in [-0.2, 0) is 16.3 Å². The van der Waals surface area contributed by atoms with Gasteiger partial charge in [-0.2, -0.15) is 0 Å². The largest absolute Gasteiger partial charge is 0.337 e. The molecule has 0 aromatic heterocycles. The van der Waals surface area contributed by atoms with Gasteiger partial charge in [0.1, 0.15) is 0 Å². The molecule has 0 aromatic carbocycles. The zero-order valence-corrected chi connectivity index (χ0v) is 11.3. The molecular weight excluding hydrogens is 227 g/mol. The molecule has 0 aliphatic heterocycles. The van der Waals surface area contributed by atoms with E-state index in [0.29, 0.717) is 0 Å². The molecule has 0 rings (SSSR count). The summed E-state index contributed by atoms with van der Waals surface area (Å²) in [6, 6.07) is 0. The van der Waals surface area contributed by atoms with Crippen LogP contribution < -0.4 is 0 Å². The van der Waals surface area contributed by atoms with E-state index in [-0.39, 0.29) is 0 Å². The Morgan fingerprint density at radius 2 is 1.58 bits per heavy atom. The molecule has 0 fully saturated rings. The molecule has 0 unspecified atom stereocenters. The second-order valence-electron chi connectivity index (χ2n) is 2.30. The summed E-state index contributed by atoms with van der Waals surface area (Å²) in [5, 5.41) is 0. The van der Waals surface area contributed by atoms with E-state index < -0.39 is 4.67 Å². The Bertz CT molecular complexity index is 140. The molecule has 0 saturated heterocycles. The third-order valence-corrected chi connectivity index (χ3v) is 11.5. The van der Waals surface area contributed by atoms with E-state index in [2.05, 4.69) is 13.8 Å². The van der Waals surface area contributed by atoms with Crippen molar-refractivity contribution < 1.29 is 4.52 Å². The average Bonchev–Trinajstić information content (AvgIpc) is 2.11. The lowest BCUT2D eigenvalue weighted by atomic mass is 10.6. The van der Waals surface area contributed by atoms with Gasteiger partial charge in [0.15, 0.2) is 4.67 Å². The molecule has 0 aromatic rings. The molecule has 0 saturated carbocycles. The standard InChI is InChI=1S/C7H17OPS3/c1-4-6-11-9(10,8-3)12-7-5-2/h4-7H2,1-3H3. The van der Waals surface area contributed by atoms with Crippen LogP contribution >= 0.6 is 27.4 Å². The van der Waals surface area contributed by atoms with Crippen molar-refractivity contribution in [3.63, 3.8) is 0 Å². The van der Waals surface area contributed by atoms with E-state index in [9.17, 15) is 0 Å². The lowest BCUT2D eigenvalue weighted by molar-refractivity contribution is 0.480. The SMILES string of the molecule is CCCSP(=S)(OC)SCCC. The minimum absolute atomic E-state index is 1.13. The van der Waals surface area contributed by atoms with Crippen LogP contribution in [0.5, 0.6) is 0 Å². The molecule has 0 heterocycles. The van der Waals surface area contributed by atoms with Crippen LogP contribution in [0, 0.1) is 0 Å². The van der Waals surface area contributed by atoms with Crippen molar-refractivity contribution in [1.29, 1.82) is 0 Å². The van der Waals surface area contributed by atoms with Crippen LogP contribution in [0.15, 0.2) is 0 Å². The van der Waals surface area contributed by atoms with Crippen LogP contribution in [-0.4, -0.2) is 18.6 Å². The first kappa shape index (κ1) is 13.3. The highest BCUT2D eigenvalue weighted by atomic mass is 33.2. The maximum atomic E-state index is 5.45. The van der Waals surface area contributed by atoms with E-state index in [1.807, 2.05) is 22.8 Å². The Balaban J connectivity index is 3.79. The monoisotopic (exact) mass is 244 g/mol. The first-order chi connectivity index (χ1) is 5.68. The van der Waals surface area contributed by atoms with E-state index >= 15 is 0 Å². The highest BCUT2D eigenvalue weighted by molar-refractivity contribution is 8.99. The maximum Gasteiger partial charge on any atom is 0.174 e. The van der Waals surface area contributed by atoms with Crippen LogP contribution in [0.25, 0.3) is 0 Å². The van der Waals surface area contributed by atoms with Gasteiger partial charge in [-0.15, -0.1) is 0 Å².